The van der Waals surface area contributed by atoms with Crippen molar-refractivity contribution in [2.24, 2.45) is 0 Å². The Morgan fingerprint density at radius 3 is 2.32 bits per heavy atom. The maximum absolute atomic E-state index is 10.5. The minimum atomic E-state index is -0.154. The van der Waals surface area contributed by atoms with Crippen molar-refractivity contribution in [3.8, 4) is 11.4 Å². The molecule has 2 rings (SSSR count). The first-order chi connectivity index (χ1) is 8.95. The molecule has 0 amide bonds. The van der Waals surface area contributed by atoms with Crippen molar-refractivity contribution < 1.29 is 5.11 Å². The summed E-state index contributed by atoms with van der Waals surface area (Å²) in [5.41, 5.74) is 2.50. The normalized spacial score (nSPS) is 11.8. The van der Waals surface area contributed by atoms with E-state index in [9.17, 15) is 5.11 Å². The fourth-order valence-electron chi connectivity index (χ4n) is 2.29. The number of benzene rings is 1. The summed E-state index contributed by atoms with van der Waals surface area (Å²) in [7, 11) is 0. The monoisotopic (exact) mass is 258 g/mol. The van der Waals surface area contributed by atoms with Crippen LogP contribution in [0.4, 0.5) is 0 Å². The first kappa shape index (κ1) is 13.7. The quantitative estimate of drug-likeness (QED) is 0.908. The van der Waals surface area contributed by atoms with Gasteiger partial charge >= 0.3 is 0 Å². The van der Waals surface area contributed by atoms with Crippen molar-refractivity contribution in [2.75, 3.05) is 0 Å². The van der Waals surface area contributed by atoms with Crippen LogP contribution in [0.15, 0.2) is 30.3 Å². The molecule has 0 radical (unpaired) electrons. The molecule has 3 heteroatoms. The van der Waals surface area contributed by atoms with Crippen LogP contribution in [0, 0.1) is 0 Å². The molecule has 0 aliphatic heterocycles. The lowest BCUT2D eigenvalue weighted by molar-refractivity contribution is 0.435. The van der Waals surface area contributed by atoms with E-state index in [0.29, 0.717) is 5.75 Å². The van der Waals surface area contributed by atoms with E-state index in [-0.39, 0.29) is 5.41 Å². The van der Waals surface area contributed by atoms with Crippen molar-refractivity contribution in [3.05, 3.63) is 41.7 Å². The Balaban J connectivity index is 2.63. The molecule has 0 atom stereocenters. The predicted octanol–water partition coefficient (Wildman–Crippen LogP) is 3.83. The van der Waals surface area contributed by atoms with E-state index in [1.807, 2.05) is 35.0 Å². The highest BCUT2D eigenvalue weighted by Gasteiger charge is 2.27. The number of aromatic hydroxyl groups is 1. The lowest BCUT2D eigenvalue weighted by Gasteiger charge is -2.20. The minimum absolute atomic E-state index is 0.154. The van der Waals surface area contributed by atoms with Crippen LogP contribution >= 0.6 is 0 Å². The second-order valence-electron chi connectivity index (χ2n) is 5.89. The second kappa shape index (κ2) is 5.08. The van der Waals surface area contributed by atoms with Crippen molar-refractivity contribution in [2.45, 2.75) is 46.0 Å². The van der Waals surface area contributed by atoms with Crippen molar-refractivity contribution >= 4 is 0 Å². The predicted molar refractivity (Wildman–Crippen MR) is 77.9 cm³/mol. The summed E-state index contributed by atoms with van der Waals surface area (Å²) in [6.07, 6.45) is 1.78. The van der Waals surface area contributed by atoms with Crippen LogP contribution in [-0.4, -0.2) is 14.9 Å². The molecule has 102 valence electrons. The number of rotatable bonds is 3. The summed E-state index contributed by atoms with van der Waals surface area (Å²) in [6.45, 7) is 8.38. The molecular formula is C16H22N2O. The number of para-hydroxylation sites is 1. The van der Waals surface area contributed by atoms with Gasteiger partial charge < -0.3 is 5.11 Å². The van der Waals surface area contributed by atoms with Crippen molar-refractivity contribution in [3.63, 3.8) is 0 Å². The Morgan fingerprint density at radius 1 is 1.16 bits per heavy atom. The fourth-order valence-corrected chi connectivity index (χ4v) is 2.29. The average molecular weight is 258 g/mol. The second-order valence-corrected chi connectivity index (χ2v) is 5.89. The third-order valence-corrected chi connectivity index (χ3v) is 3.13. The van der Waals surface area contributed by atoms with Gasteiger partial charge in [0.15, 0.2) is 5.75 Å². The number of nitrogens with zero attached hydrogens (tertiary/aromatic N) is 2. The van der Waals surface area contributed by atoms with E-state index in [1.54, 1.807) is 0 Å². The van der Waals surface area contributed by atoms with Gasteiger partial charge in [-0.15, -0.1) is 0 Å². The van der Waals surface area contributed by atoms with Gasteiger partial charge in [0, 0.05) is 5.41 Å². The van der Waals surface area contributed by atoms with Gasteiger partial charge in [-0.2, -0.15) is 5.10 Å². The molecule has 3 nitrogen and oxygen atoms in total. The standard InChI is InChI=1S/C16H22N2O/c1-5-9-13-14(19)15(16(2,3)4)18(17-13)12-10-7-6-8-11-12/h6-8,10-11,19H,5,9H2,1-4H3. The summed E-state index contributed by atoms with van der Waals surface area (Å²) in [4.78, 5) is 0. The third kappa shape index (κ3) is 2.65. The molecule has 0 unspecified atom stereocenters. The zero-order valence-electron chi connectivity index (χ0n) is 12.1. The van der Waals surface area contributed by atoms with Crippen molar-refractivity contribution in [1.82, 2.24) is 9.78 Å². The largest absolute Gasteiger partial charge is 0.504 e. The molecule has 0 spiro atoms. The maximum Gasteiger partial charge on any atom is 0.161 e. The smallest absolute Gasteiger partial charge is 0.161 e. The van der Waals surface area contributed by atoms with E-state index in [2.05, 4.69) is 32.8 Å². The van der Waals surface area contributed by atoms with E-state index in [4.69, 9.17) is 0 Å². The fraction of sp³-hybridized carbons (Fsp3) is 0.438. The highest BCUT2D eigenvalue weighted by molar-refractivity contribution is 5.43. The van der Waals surface area contributed by atoms with Gasteiger partial charge in [-0.05, 0) is 18.6 Å². The summed E-state index contributed by atoms with van der Waals surface area (Å²) in [5.74, 6) is 0.346. The molecule has 2 aromatic rings. The van der Waals surface area contributed by atoms with Crippen LogP contribution in [0.3, 0.4) is 0 Å². The van der Waals surface area contributed by atoms with E-state index < -0.39 is 0 Å². The summed E-state index contributed by atoms with van der Waals surface area (Å²) in [6, 6.07) is 9.98. The zero-order valence-corrected chi connectivity index (χ0v) is 12.1. The third-order valence-electron chi connectivity index (χ3n) is 3.13. The van der Waals surface area contributed by atoms with Crippen LogP contribution < -0.4 is 0 Å². The number of aryl methyl sites for hydroxylation is 1. The zero-order chi connectivity index (χ0) is 14.0. The first-order valence-corrected chi connectivity index (χ1v) is 6.82. The molecular weight excluding hydrogens is 236 g/mol. The molecule has 19 heavy (non-hydrogen) atoms. The Bertz CT molecular complexity index is 550. The number of hydrogen-bond acceptors (Lipinski definition) is 2. The molecule has 1 aromatic carbocycles. The molecule has 0 bridgehead atoms. The Hall–Kier alpha value is -1.77. The number of aromatic nitrogens is 2. The van der Waals surface area contributed by atoms with Crippen molar-refractivity contribution in [1.29, 1.82) is 0 Å². The topological polar surface area (TPSA) is 38.0 Å². The van der Waals surface area contributed by atoms with Gasteiger partial charge in [-0.1, -0.05) is 52.3 Å². The summed E-state index contributed by atoms with van der Waals surface area (Å²) in [5, 5.41) is 15.1. The van der Waals surface area contributed by atoms with Crippen LogP contribution in [0.2, 0.25) is 0 Å². The van der Waals surface area contributed by atoms with E-state index >= 15 is 0 Å². The van der Waals surface area contributed by atoms with Gasteiger partial charge in [0.05, 0.1) is 11.4 Å². The average Bonchev–Trinajstić information content (AvgIpc) is 2.68. The number of hydrogen-bond donors (Lipinski definition) is 1. The summed E-state index contributed by atoms with van der Waals surface area (Å²) >= 11 is 0. The highest BCUT2D eigenvalue weighted by atomic mass is 16.3. The first-order valence-electron chi connectivity index (χ1n) is 6.82. The highest BCUT2D eigenvalue weighted by Crippen LogP contribution is 2.35. The Kier molecular flexibility index (Phi) is 3.65. The minimum Gasteiger partial charge on any atom is -0.504 e. The van der Waals surface area contributed by atoms with Gasteiger partial charge in [0.1, 0.15) is 5.69 Å². The lowest BCUT2D eigenvalue weighted by Crippen LogP contribution is -2.17. The van der Waals surface area contributed by atoms with E-state index in [0.717, 1.165) is 29.9 Å². The van der Waals surface area contributed by atoms with Gasteiger partial charge in [0.2, 0.25) is 0 Å². The summed E-state index contributed by atoms with van der Waals surface area (Å²) < 4.78 is 1.88. The SMILES string of the molecule is CCCc1nn(-c2ccccc2)c(C(C)(C)C)c1O. The van der Waals surface area contributed by atoms with Crippen LogP contribution in [-0.2, 0) is 11.8 Å². The lowest BCUT2D eigenvalue weighted by atomic mass is 9.90. The Labute approximate surface area is 114 Å². The molecule has 0 saturated carbocycles. The van der Waals surface area contributed by atoms with Gasteiger partial charge in [-0.25, -0.2) is 4.68 Å². The van der Waals surface area contributed by atoms with Crippen LogP contribution in [0.25, 0.3) is 5.69 Å². The molecule has 1 aromatic heterocycles. The molecule has 0 saturated heterocycles. The van der Waals surface area contributed by atoms with E-state index in [1.165, 1.54) is 0 Å². The van der Waals surface area contributed by atoms with Gasteiger partial charge in [-0.3, -0.25) is 0 Å². The molecule has 0 fully saturated rings. The van der Waals surface area contributed by atoms with Crippen LogP contribution in [0.1, 0.15) is 45.5 Å². The van der Waals surface area contributed by atoms with Crippen LogP contribution in [0.5, 0.6) is 5.75 Å². The molecule has 1 N–H and O–H groups in total. The molecule has 0 aliphatic rings. The maximum atomic E-state index is 10.5. The molecule has 0 aliphatic carbocycles. The molecule has 1 heterocycles. The van der Waals surface area contributed by atoms with Gasteiger partial charge in [0.25, 0.3) is 0 Å². The Morgan fingerprint density at radius 2 is 1.79 bits per heavy atom.